The topological polar surface area (TPSA) is 49.3 Å². The predicted molar refractivity (Wildman–Crippen MR) is 97.2 cm³/mol. The van der Waals surface area contributed by atoms with E-state index in [1.165, 1.54) is 5.56 Å². The van der Waals surface area contributed by atoms with Gasteiger partial charge in [-0.2, -0.15) is 0 Å². The van der Waals surface area contributed by atoms with E-state index in [4.69, 9.17) is 11.6 Å². The SMILES string of the molecule is CN=C(NCCc1ccc(Cl)nc1)NCC(C)c1ccccc1. The highest BCUT2D eigenvalue weighted by Crippen LogP contribution is 2.12. The summed E-state index contributed by atoms with van der Waals surface area (Å²) in [5.41, 5.74) is 2.47. The fourth-order valence-corrected chi connectivity index (χ4v) is 2.36. The molecule has 1 aromatic heterocycles. The molecule has 0 saturated carbocycles. The van der Waals surface area contributed by atoms with Crippen LogP contribution in [0.3, 0.4) is 0 Å². The highest BCUT2D eigenvalue weighted by atomic mass is 35.5. The van der Waals surface area contributed by atoms with Gasteiger partial charge in [0.15, 0.2) is 5.96 Å². The fraction of sp³-hybridized carbons (Fsp3) is 0.333. The molecule has 1 unspecified atom stereocenters. The number of guanidine groups is 1. The first kappa shape index (κ1) is 17.3. The van der Waals surface area contributed by atoms with Crippen molar-refractivity contribution in [1.82, 2.24) is 15.6 Å². The zero-order valence-electron chi connectivity index (χ0n) is 13.6. The summed E-state index contributed by atoms with van der Waals surface area (Å²) in [5, 5.41) is 7.20. The molecule has 0 radical (unpaired) electrons. The minimum absolute atomic E-state index is 0.426. The summed E-state index contributed by atoms with van der Waals surface area (Å²) in [6.07, 6.45) is 2.68. The van der Waals surface area contributed by atoms with Crippen molar-refractivity contribution in [2.45, 2.75) is 19.3 Å². The molecule has 2 aromatic rings. The van der Waals surface area contributed by atoms with Gasteiger partial charge in [0, 0.05) is 26.3 Å². The molecule has 0 aliphatic carbocycles. The minimum atomic E-state index is 0.426. The number of aliphatic imine (C=N–C) groups is 1. The van der Waals surface area contributed by atoms with Crippen LogP contribution in [0, 0.1) is 0 Å². The molecule has 0 fully saturated rings. The van der Waals surface area contributed by atoms with Crippen LogP contribution >= 0.6 is 11.6 Å². The molecule has 0 saturated heterocycles. The molecular formula is C18H23ClN4. The average Bonchev–Trinajstić information content (AvgIpc) is 2.60. The van der Waals surface area contributed by atoms with E-state index in [0.717, 1.165) is 31.0 Å². The van der Waals surface area contributed by atoms with Crippen molar-refractivity contribution in [3.63, 3.8) is 0 Å². The molecule has 0 bridgehead atoms. The molecule has 0 aliphatic heterocycles. The third-order valence-electron chi connectivity index (χ3n) is 3.66. The fourth-order valence-electron chi connectivity index (χ4n) is 2.25. The Bertz CT molecular complexity index is 611. The monoisotopic (exact) mass is 330 g/mol. The normalized spacial score (nSPS) is 12.7. The zero-order chi connectivity index (χ0) is 16.5. The molecule has 5 heteroatoms. The Morgan fingerprint density at radius 1 is 1.17 bits per heavy atom. The quantitative estimate of drug-likeness (QED) is 0.485. The van der Waals surface area contributed by atoms with E-state index in [1.54, 1.807) is 13.2 Å². The largest absolute Gasteiger partial charge is 0.356 e. The maximum atomic E-state index is 5.78. The predicted octanol–water partition coefficient (Wildman–Crippen LogP) is 3.25. The number of pyridine rings is 1. The van der Waals surface area contributed by atoms with E-state index in [0.29, 0.717) is 11.1 Å². The van der Waals surface area contributed by atoms with E-state index in [2.05, 4.69) is 51.8 Å². The summed E-state index contributed by atoms with van der Waals surface area (Å²) in [7, 11) is 1.78. The van der Waals surface area contributed by atoms with Crippen LogP contribution < -0.4 is 10.6 Å². The van der Waals surface area contributed by atoms with Gasteiger partial charge in [0.05, 0.1) is 0 Å². The Labute approximate surface area is 143 Å². The summed E-state index contributed by atoms with van der Waals surface area (Å²) in [6, 6.07) is 14.3. The number of hydrogen-bond donors (Lipinski definition) is 2. The summed E-state index contributed by atoms with van der Waals surface area (Å²) in [6.45, 7) is 3.84. The van der Waals surface area contributed by atoms with E-state index >= 15 is 0 Å². The Kier molecular flexibility index (Phi) is 6.88. The van der Waals surface area contributed by atoms with Crippen LogP contribution in [0.15, 0.2) is 53.7 Å². The number of rotatable bonds is 6. The van der Waals surface area contributed by atoms with Gasteiger partial charge in [-0.25, -0.2) is 4.98 Å². The second kappa shape index (κ2) is 9.16. The Balaban J connectivity index is 1.74. The van der Waals surface area contributed by atoms with E-state index in [-0.39, 0.29) is 0 Å². The first-order valence-corrected chi connectivity index (χ1v) is 8.16. The average molecular weight is 331 g/mol. The molecule has 2 N–H and O–H groups in total. The summed E-state index contributed by atoms with van der Waals surface area (Å²) in [4.78, 5) is 8.34. The van der Waals surface area contributed by atoms with Crippen LogP contribution in [0.2, 0.25) is 5.15 Å². The number of halogens is 1. The van der Waals surface area contributed by atoms with Crippen LogP contribution in [0.25, 0.3) is 0 Å². The van der Waals surface area contributed by atoms with Crippen molar-refractivity contribution >= 4 is 17.6 Å². The van der Waals surface area contributed by atoms with Crippen molar-refractivity contribution in [3.05, 3.63) is 64.9 Å². The lowest BCUT2D eigenvalue weighted by atomic mass is 10.0. The highest BCUT2D eigenvalue weighted by Gasteiger charge is 2.06. The van der Waals surface area contributed by atoms with E-state index < -0.39 is 0 Å². The lowest BCUT2D eigenvalue weighted by Gasteiger charge is -2.16. The molecule has 0 spiro atoms. The first-order valence-electron chi connectivity index (χ1n) is 7.79. The maximum absolute atomic E-state index is 5.78. The van der Waals surface area contributed by atoms with Crippen molar-refractivity contribution < 1.29 is 0 Å². The number of aromatic nitrogens is 1. The van der Waals surface area contributed by atoms with Crippen molar-refractivity contribution in [1.29, 1.82) is 0 Å². The summed E-state index contributed by atoms with van der Waals surface area (Å²) < 4.78 is 0. The Morgan fingerprint density at radius 3 is 2.61 bits per heavy atom. The number of hydrogen-bond acceptors (Lipinski definition) is 2. The van der Waals surface area contributed by atoms with Gasteiger partial charge >= 0.3 is 0 Å². The molecule has 1 heterocycles. The number of nitrogens with one attached hydrogen (secondary N) is 2. The van der Waals surface area contributed by atoms with Crippen LogP contribution in [0.1, 0.15) is 24.0 Å². The van der Waals surface area contributed by atoms with Crippen LogP contribution in [0.5, 0.6) is 0 Å². The third kappa shape index (κ3) is 5.91. The Hall–Kier alpha value is -2.07. The van der Waals surface area contributed by atoms with Gasteiger partial charge in [0.1, 0.15) is 5.15 Å². The molecule has 0 aliphatic rings. The third-order valence-corrected chi connectivity index (χ3v) is 3.89. The zero-order valence-corrected chi connectivity index (χ0v) is 14.3. The van der Waals surface area contributed by atoms with Crippen LogP contribution in [-0.4, -0.2) is 31.1 Å². The number of benzene rings is 1. The second-order valence-corrected chi connectivity index (χ2v) is 5.82. The summed E-state index contributed by atoms with van der Waals surface area (Å²) in [5.74, 6) is 1.24. The lowest BCUT2D eigenvalue weighted by Crippen LogP contribution is -2.39. The smallest absolute Gasteiger partial charge is 0.191 e. The lowest BCUT2D eigenvalue weighted by molar-refractivity contribution is 0.697. The van der Waals surface area contributed by atoms with Gasteiger partial charge in [-0.3, -0.25) is 4.99 Å². The van der Waals surface area contributed by atoms with E-state index in [1.807, 2.05) is 18.2 Å². The van der Waals surface area contributed by atoms with E-state index in [9.17, 15) is 0 Å². The molecule has 1 atom stereocenters. The standard InChI is InChI=1S/C18H23ClN4/c1-14(16-6-4-3-5-7-16)12-23-18(20-2)21-11-10-15-8-9-17(19)22-13-15/h3-9,13-14H,10-12H2,1-2H3,(H2,20,21,23). The molecule has 0 amide bonds. The van der Waals surface area contributed by atoms with Gasteiger partial charge in [0.25, 0.3) is 0 Å². The van der Waals surface area contributed by atoms with Gasteiger partial charge in [-0.1, -0.05) is 54.9 Å². The molecular weight excluding hydrogens is 308 g/mol. The summed E-state index contributed by atoms with van der Waals surface area (Å²) >= 11 is 5.78. The highest BCUT2D eigenvalue weighted by molar-refractivity contribution is 6.29. The van der Waals surface area contributed by atoms with Crippen molar-refractivity contribution in [2.24, 2.45) is 4.99 Å². The second-order valence-electron chi connectivity index (χ2n) is 5.43. The maximum Gasteiger partial charge on any atom is 0.191 e. The molecule has 2 rings (SSSR count). The van der Waals surface area contributed by atoms with Gasteiger partial charge in [-0.15, -0.1) is 0 Å². The number of nitrogens with zero attached hydrogens (tertiary/aromatic N) is 2. The van der Waals surface area contributed by atoms with Gasteiger partial charge in [0.2, 0.25) is 0 Å². The Morgan fingerprint density at radius 2 is 1.96 bits per heavy atom. The molecule has 122 valence electrons. The first-order chi connectivity index (χ1) is 11.2. The van der Waals surface area contributed by atoms with Crippen LogP contribution in [-0.2, 0) is 6.42 Å². The molecule has 23 heavy (non-hydrogen) atoms. The van der Waals surface area contributed by atoms with Crippen molar-refractivity contribution in [2.75, 3.05) is 20.1 Å². The van der Waals surface area contributed by atoms with Gasteiger partial charge in [-0.05, 0) is 29.5 Å². The minimum Gasteiger partial charge on any atom is -0.356 e. The van der Waals surface area contributed by atoms with Crippen LogP contribution in [0.4, 0.5) is 0 Å². The van der Waals surface area contributed by atoms with Gasteiger partial charge < -0.3 is 10.6 Å². The van der Waals surface area contributed by atoms with Crippen molar-refractivity contribution in [3.8, 4) is 0 Å². The molecule has 1 aromatic carbocycles. The molecule has 4 nitrogen and oxygen atoms in total.